The van der Waals surface area contributed by atoms with E-state index in [-0.39, 0.29) is 0 Å². The van der Waals surface area contributed by atoms with Crippen LogP contribution in [0.3, 0.4) is 0 Å². The molecule has 0 bridgehead atoms. The molecule has 1 fully saturated rings. The highest BCUT2D eigenvalue weighted by atomic mass is 35.5. The highest BCUT2D eigenvalue weighted by Gasteiger charge is 2.25. The van der Waals surface area contributed by atoms with Gasteiger partial charge in [0.15, 0.2) is 0 Å². The molecular formula is C22H31ClN2O2S2. The first-order valence-corrected chi connectivity index (χ1v) is 12.6. The van der Waals surface area contributed by atoms with Crippen LogP contribution >= 0.6 is 24.2 Å². The summed E-state index contributed by atoms with van der Waals surface area (Å²) in [7, 11) is -0.957. The van der Waals surface area contributed by atoms with Gasteiger partial charge in [-0.05, 0) is 61.6 Å². The van der Waals surface area contributed by atoms with Crippen molar-refractivity contribution in [2.24, 2.45) is 0 Å². The van der Waals surface area contributed by atoms with E-state index in [0.717, 1.165) is 41.7 Å². The fourth-order valence-electron chi connectivity index (χ4n) is 3.31. The lowest BCUT2D eigenvalue weighted by Crippen LogP contribution is -2.57. The third-order valence-corrected chi connectivity index (χ3v) is 6.13. The summed E-state index contributed by atoms with van der Waals surface area (Å²) >= 11 is 9.62. The Labute approximate surface area is 187 Å². The lowest BCUT2D eigenvalue weighted by atomic mass is 10.1. The predicted molar refractivity (Wildman–Crippen MR) is 127 cm³/mol. The molecule has 2 aromatic carbocycles. The average Bonchev–Trinajstić information content (AvgIpc) is 2.74. The minimum absolute atomic E-state index is 0.292. The standard InChI is InChI=1S/C21H27ClN2O2S.CH4S/c1-16-13-23-19(15-26-20-6-8-21(9-7-20)27(2)25)14-24(16)11-10-17-4-3-5-18(22)12-17;1-2/h3-9,12,16,19,23H,10-11,13-15H2,1-2H3;2H,1H3. The van der Waals surface area contributed by atoms with E-state index in [9.17, 15) is 4.21 Å². The average molecular weight is 455 g/mol. The van der Waals surface area contributed by atoms with Crippen LogP contribution in [-0.2, 0) is 17.2 Å². The Morgan fingerprint density at radius 3 is 2.62 bits per heavy atom. The van der Waals surface area contributed by atoms with E-state index in [1.807, 2.05) is 42.5 Å². The normalized spacial score (nSPS) is 20.4. The second-order valence-electron chi connectivity index (χ2n) is 7.07. The van der Waals surface area contributed by atoms with Gasteiger partial charge in [0.25, 0.3) is 0 Å². The van der Waals surface area contributed by atoms with Crippen LogP contribution in [0.4, 0.5) is 0 Å². The fourth-order valence-corrected chi connectivity index (χ4v) is 4.04. The van der Waals surface area contributed by atoms with Gasteiger partial charge in [0.2, 0.25) is 0 Å². The van der Waals surface area contributed by atoms with Gasteiger partial charge in [0, 0.05) is 52.6 Å². The first-order valence-electron chi connectivity index (χ1n) is 9.74. The van der Waals surface area contributed by atoms with Gasteiger partial charge in [0.05, 0.1) is 6.04 Å². The second-order valence-corrected chi connectivity index (χ2v) is 8.88. The number of nitrogens with one attached hydrogen (secondary N) is 1. The monoisotopic (exact) mass is 454 g/mol. The van der Waals surface area contributed by atoms with Crippen molar-refractivity contribution in [3.05, 3.63) is 59.1 Å². The summed E-state index contributed by atoms with van der Waals surface area (Å²) in [6.45, 7) is 5.80. The Morgan fingerprint density at radius 1 is 1.24 bits per heavy atom. The largest absolute Gasteiger partial charge is 0.492 e. The number of benzene rings is 2. The van der Waals surface area contributed by atoms with Crippen LogP contribution in [0, 0.1) is 0 Å². The van der Waals surface area contributed by atoms with Crippen molar-refractivity contribution in [2.45, 2.75) is 30.3 Å². The Hall–Kier alpha value is -1.05. The highest BCUT2D eigenvalue weighted by Crippen LogP contribution is 2.16. The molecule has 29 heavy (non-hydrogen) atoms. The van der Waals surface area contributed by atoms with Crippen LogP contribution in [-0.4, -0.2) is 59.9 Å². The molecule has 7 heteroatoms. The summed E-state index contributed by atoms with van der Waals surface area (Å²) < 4.78 is 17.4. The first-order chi connectivity index (χ1) is 14.0. The van der Waals surface area contributed by atoms with E-state index in [2.05, 4.69) is 35.8 Å². The van der Waals surface area contributed by atoms with Crippen LogP contribution in [0.1, 0.15) is 12.5 Å². The van der Waals surface area contributed by atoms with Crippen molar-refractivity contribution < 1.29 is 8.95 Å². The van der Waals surface area contributed by atoms with E-state index < -0.39 is 10.8 Å². The molecule has 0 amide bonds. The van der Waals surface area contributed by atoms with Gasteiger partial charge in [-0.2, -0.15) is 12.6 Å². The van der Waals surface area contributed by atoms with Crippen molar-refractivity contribution in [1.82, 2.24) is 10.2 Å². The van der Waals surface area contributed by atoms with Crippen molar-refractivity contribution in [2.75, 3.05) is 38.8 Å². The Morgan fingerprint density at radius 2 is 1.97 bits per heavy atom. The molecule has 1 aliphatic heterocycles. The summed E-state index contributed by atoms with van der Waals surface area (Å²) in [5.41, 5.74) is 1.27. The molecule has 0 aliphatic carbocycles. The Balaban J connectivity index is 0.00000145. The molecule has 0 spiro atoms. The quantitative estimate of drug-likeness (QED) is 0.622. The number of rotatable bonds is 7. The van der Waals surface area contributed by atoms with Gasteiger partial charge in [-0.3, -0.25) is 9.11 Å². The molecule has 3 atom stereocenters. The molecule has 3 unspecified atom stereocenters. The highest BCUT2D eigenvalue weighted by molar-refractivity contribution is 7.84. The summed E-state index contributed by atoms with van der Waals surface area (Å²) in [6, 6.07) is 16.4. The maximum atomic E-state index is 11.5. The van der Waals surface area contributed by atoms with E-state index in [1.54, 1.807) is 12.5 Å². The maximum Gasteiger partial charge on any atom is 0.119 e. The molecule has 0 aromatic heterocycles. The van der Waals surface area contributed by atoms with Gasteiger partial charge < -0.3 is 10.1 Å². The summed E-state index contributed by atoms with van der Waals surface area (Å²) in [5, 5.41) is 4.37. The second kappa shape index (κ2) is 12.6. The minimum atomic E-state index is -0.957. The van der Waals surface area contributed by atoms with Crippen LogP contribution < -0.4 is 10.1 Å². The number of hydrogen-bond donors (Lipinski definition) is 2. The van der Waals surface area contributed by atoms with Gasteiger partial charge >= 0.3 is 0 Å². The van der Waals surface area contributed by atoms with E-state index in [0.29, 0.717) is 18.7 Å². The lowest BCUT2D eigenvalue weighted by molar-refractivity contribution is 0.116. The summed E-state index contributed by atoms with van der Waals surface area (Å²) in [5.74, 6) is 0.815. The molecule has 2 aromatic rings. The summed E-state index contributed by atoms with van der Waals surface area (Å²) in [6.07, 6.45) is 4.37. The molecule has 1 saturated heterocycles. The number of nitrogens with zero attached hydrogens (tertiary/aromatic N) is 1. The molecule has 160 valence electrons. The number of thiol groups is 1. The van der Waals surface area contributed by atoms with Crippen LogP contribution in [0.15, 0.2) is 53.4 Å². The predicted octanol–water partition coefficient (Wildman–Crippen LogP) is 3.91. The lowest BCUT2D eigenvalue weighted by Gasteiger charge is -2.38. The molecule has 0 radical (unpaired) electrons. The Bertz CT molecular complexity index is 774. The van der Waals surface area contributed by atoms with E-state index >= 15 is 0 Å². The third-order valence-electron chi connectivity index (χ3n) is 4.96. The van der Waals surface area contributed by atoms with E-state index in [4.69, 9.17) is 16.3 Å². The van der Waals surface area contributed by atoms with Crippen molar-refractivity contribution in [3.63, 3.8) is 0 Å². The van der Waals surface area contributed by atoms with Crippen molar-refractivity contribution in [3.8, 4) is 5.75 Å². The molecule has 0 saturated carbocycles. The van der Waals surface area contributed by atoms with Crippen molar-refractivity contribution >= 4 is 35.0 Å². The van der Waals surface area contributed by atoms with Crippen molar-refractivity contribution in [1.29, 1.82) is 0 Å². The van der Waals surface area contributed by atoms with Gasteiger partial charge in [-0.25, -0.2) is 0 Å². The number of hydrogen-bond acceptors (Lipinski definition) is 5. The molecule has 1 N–H and O–H groups in total. The topological polar surface area (TPSA) is 41.6 Å². The molecule has 1 heterocycles. The van der Waals surface area contributed by atoms with Gasteiger partial charge in [-0.15, -0.1) is 0 Å². The Kier molecular flexibility index (Phi) is 10.5. The van der Waals surface area contributed by atoms with Crippen LogP contribution in [0.2, 0.25) is 5.02 Å². The summed E-state index contributed by atoms with van der Waals surface area (Å²) in [4.78, 5) is 3.33. The van der Waals surface area contributed by atoms with Crippen LogP contribution in [0.25, 0.3) is 0 Å². The molecule has 3 rings (SSSR count). The maximum absolute atomic E-state index is 11.5. The number of ether oxygens (including phenoxy) is 1. The zero-order chi connectivity index (χ0) is 21.2. The van der Waals surface area contributed by atoms with Crippen LogP contribution in [0.5, 0.6) is 5.75 Å². The smallest absolute Gasteiger partial charge is 0.119 e. The minimum Gasteiger partial charge on any atom is -0.492 e. The molecular weight excluding hydrogens is 424 g/mol. The third kappa shape index (κ3) is 7.95. The van der Waals surface area contributed by atoms with E-state index in [1.165, 1.54) is 5.56 Å². The zero-order valence-electron chi connectivity index (χ0n) is 17.3. The first kappa shape index (κ1) is 24.2. The SMILES string of the molecule is CC1CNC(COc2ccc(S(C)=O)cc2)CN1CCc1cccc(Cl)c1.CS. The number of halogens is 1. The fraction of sp³-hybridized carbons (Fsp3) is 0.455. The number of piperazine rings is 1. The molecule has 1 aliphatic rings. The molecule has 4 nitrogen and oxygen atoms in total. The van der Waals surface area contributed by atoms with Gasteiger partial charge in [-0.1, -0.05) is 23.7 Å². The zero-order valence-corrected chi connectivity index (χ0v) is 19.8. The van der Waals surface area contributed by atoms with Gasteiger partial charge in [0.1, 0.15) is 12.4 Å².